The number of para-hydroxylation sites is 1. The third-order valence-corrected chi connectivity index (χ3v) is 3.59. The maximum absolute atomic E-state index is 12.3. The molecule has 0 aliphatic rings. The number of rotatable bonds is 3. The van der Waals surface area contributed by atoms with E-state index in [0.717, 1.165) is 11.1 Å². The minimum Gasteiger partial charge on any atom is -0.399 e. The van der Waals surface area contributed by atoms with E-state index >= 15 is 0 Å². The molecular formula is C16H17ClN2O. The van der Waals surface area contributed by atoms with Gasteiger partial charge < -0.3 is 11.1 Å². The van der Waals surface area contributed by atoms with Crippen molar-refractivity contribution in [1.82, 2.24) is 0 Å². The fourth-order valence-corrected chi connectivity index (χ4v) is 2.27. The number of carbonyl (C=O) groups excluding carboxylic acids is 1. The summed E-state index contributed by atoms with van der Waals surface area (Å²) in [5.74, 6) is -0.402. The highest BCUT2D eigenvalue weighted by molar-refractivity contribution is 6.34. The molecule has 1 atom stereocenters. The van der Waals surface area contributed by atoms with Crippen LogP contribution in [0.3, 0.4) is 0 Å². The van der Waals surface area contributed by atoms with Gasteiger partial charge in [0.05, 0.1) is 16.6 Å². The highest BCUT2D eigenvalue weighted by atomic mass is 35.5. The van der Waals surface area contributed by atoms with Crippen LogP contribution in [0.2, 0.25) is 5.02 Å². The minimum atomic E-state index is -0.297. The second-order valence-corrected chi connectivity index (χ2v) is 5.22. The van der Waals surface area contributed by atoms with Gasteiger partial charge in [0.25, 0.3) is 0 Å². The van der Waals surface area contributed by atoms with E-state index < -0.39 is 0 Å². The van der Waals surface area contributed by atoms with Crippen LogP contribution in [0.5, 0.6) is 0 Å². The van der Waals surface area contributed by atoms with Crippen LogP contribution in [-0.2, 0) is 4.79 Å². The molecule has 2 aromatic rings. The summed E-state index contributed by atoms with van der Waals surface area (Å²) in [6.07, 6.45) is 0. The maximum atomic E-state index is 12.3. The van der Waals surface area contributed by atoms with E-state index in [0.29, 0.717) is 16.4 Å². The summed E-state index contributed by atoms with van der Waals surface area (Å²) >= 11 is 6.11. The number of hydrogen-bond acceptors (Lipinski definition) is 2. The normalized spacial score (nSPS) is 11.9. The lowest BCUT2D eigenvalue weighted by Crippen LogP contribution is -2.19. The van der Waals surface area contributed by atoms with Crippen LogP contribution >= 0.6 is 11.6 Å². The fourth-order valence-electron chi connectivity index (χ4n) is 2.00. The molecule has 0 heterocycles. The predicted molar refractivity (Wildman–Crippen MR) is 84.1 cm³/mol. The number of benzene rings is 2. The Morgan fingerprint density at radius 2 is 1.95 bits per heavy atom. The number of halogens is 1. The molecule has 0 aromatic heterocycles. The molecule has 0 radical (unpaired) electrons. The zero-order chi connectivity index (χ0) is 14.7. The smallest absolute Gasteiger partial charge is 0.231 e. The Bertz CT molecular complexity index is 620. The third-order valence-electron chi connectivity index (χ3n) is 3.27. The van der Waals surface area contributed by atoms with Gasteiger partial charge >= 0.3 is 0 Å². The first-order valence-corrected chi connectivity index (χ1v) is 6.78. The summed E-state index contributed by atoms with van der Waals surface area (Å²) in [5, 5.41) is 3.42. The zero-order valence-electron chi connectivity index (χ0n) is 11.5. The van der Waals surface area contributed by atoms with Crippen molar-refractivity contribution in [2.75, 3.05) is 11.1 Å². The van der Waals surface area contributed by atoms with Gasteiger partial charge in [-0.1, -0.05) is 35.9 Å². The number of carbonyl (C=O) groups is 1. The van der Waals surface area contributed by atoms with E-state index in [4.69, 9.17) is 17.3 Å². The van der Waals surface area contributed by atoms with Gasteiger partial charge in [-0.15, -0.1) is 0 Å². The SMILES string of the molecule is Cc1cccc(Cl)c1NC(=O)C(C)c1cccc(N)c1. The van der Waals surface area contributed by atoms with Crippen molar-refractivity contribution in [3.8, 4) is 0 Å². The maximum Gasteiger partial charge on any atom is 0.231 e. The van der Waals surface area contributed by atoms with Crippen LogP contribution in [0.15, 0.2) is 42.5 Å². The molecule has 1 unspecified atom stereocenters. The fraction of sp³-hybridized carbons (Fsp3) is 0.188. The van der Waals surface area contributed by atoms with Gasteiger partial charge in [-0.05, 0) is 43.2 Å². The molecule has 0 aliphatic heterocycles. The highest BCUT2D eigenvalue weighted by Gasteiger charge is 2.17. The first-order chi connectivity index (χ1) is 9.49. The first kappa shape index (κ1) is 14.4. The van der Waals surface area contributed by atoms with Crippen molar-refractivity contribution in [1.29, 1.82) is 0 Å². The summed E-state index contributed by atoms with van der Waals surface area (Å²) in [7, 11) is 0. The summed E-state index contributed by atoms with van der Waals surface area (Å²) in [4.78, 5) is 12.3. The van der Waals surface area contributed by atoms with Crippen LogP contribution in [0.25, 0.3) is 0 Å². The number of nitrogen functional groups attached to an aromatic ring is 1. The number of anilines is 2. The molecule has 0 aliphatic carbocycles. The molecule has 3 nitrogen and oxygen atoms in total. The molecule has 2 rings (SSSR count). The van der Waals surface area contributed by atoms with Crippen molar-refractivity contribution in [3.05, 3.63) is 58.6 Å². The highest BCUT2D eigenvalue weighted by Crippen LogP contribution is 2.27. The van der Waals surface area contributed by atoms with Gasteiger partial charge in [-0.2, -0.15) is 0 Å². The van der Waals surface area contributed by atoms with E-state index in [9.17, 15) is 4.79 Å². The monoisotopic (exact) mass is 288 g/mol. The lowest BCUT2D eigenvalue weighted by molar-refractivity contribution is -0.117. The summed E-state index contributed by atoms with van der Waals surface area (Å²) in [6.45, 7) is 3.75. The number of aryl methyl sites for hydroxylation is 1. The Labute approximate surface area is 123 Å². The van der Waals surface area contributed by atoms with Crippen LogP contribution in [0.4, 0.5) is 11.4 Å². The van der Waals surface area contributed by atoms with Gasteiger partial charge in [0.1, 0.15) is 0 Å². The Morgan fingerprint density at radius 3 is 2.60 bits per heavy atom. The molecule has 0 saturated heterocycles. The van der Waals surface area contributed by atoms with Gasteiger partial charge in [0, 0.05) is 5.69 Å². The molecule has 2 aromatic carbocycles. The van der Waals surface area contributed by atoms with E-state index in [2.05, 4.69) is 5.32 Å². The second kappa shape index (κ2) is 5.97. The molecular weight excluding hydrogens is 272 g/mol. The Morgan fingerprint density at radius 1 is 1.25 bits per heavy atom. The van der Waals surface area contributed by atoms with Crippen LogP contribution in [0, 0.1) is 6.92 Å². The van der Waals surface area contributed by atoms with Gasteiger partial charge in [-0.25, -0.2) is 0 Å². The Balaban J connectivity index is 2.20. The quantitative estimate of drug-likeness (QED) is 0.840. The van der Waals surface area contributed by atoms with E-state index in [1.165, 1.54) is 0 Å². The average Bonchev–Trinajstić information content (AvgIpc) is 2.42. The van der Waals surface area contributed by atoms with Crippen molar-refractivity contribution in [2.24, 2.45) is 0 Å². The molecule has 0 spiro atoms. The number of amides is 1. The number of hydrogen-bond donors (Lipinski definition) is 2. The topological polar surface area (TPSA) is 55.1 Å². The molecule has 3 N–H and O–H groups in total. The molecule has 0 bridgehead atoms. The van der Waals surface area contributed by atoms with Crippen LogP contribution in [-0.4, -0.2) is 5.91 Å². The summed E-state index contributed by atoms with van der Waals surface area (Å²) in [5.41, 5.74) is 8.87. The van der Waals surface area contributed by atoms with Crippen molar-refractivity contribution >= 4 is 28.9 Å². The lowest BCUT2D eigenvalue weighted by atomic mass is 9.99. The van der Waals surface area contributed by atoms with E-state index in [1.54, 1.807) is 12.1 Å². The van der Waals surface area contributed by atoms with Crippen LogP contribution in [0.1, 0.15) is 24.0 Å². The van der Waals surface area contributed by atoms with E-state index in [-0.39, 0.29) is 11.8 Å². The molecule has 0 saturated carbocycles. The largest absolute Gasteiger partial charge is 0.399 e. The molecule has 20 heavy (non-hydrogen) atoms. The predicted octanol–water partition coefficient (Wildman–Crippen LogP) is 3.97. The molecule has 104 valence electrons. The van der Waals surface area contributed by atoms with Crippen molar-refractivity contribution < 1.29 is 4.79 Å². The average molecular weight is 289 g/mol. The van der Waals surface area contributed by atoms with Crippen molar-refractivity contribution in [3.63, 3.8) is 0 Å². The van der Waals surface area contributed by atoms with E-state index in [1.807, 2.05) is 44.2 Å². The molecule has 4 heteroatoms. The lowest BCUT2D eigenvalue weighted by Gasteiger charge is -2.15. The molecule has 0 fully saturated rings. The standard InChI is InChI=1S/C16H17ClN2O/c1-10-5-3-8-14(17)15(10)19-16(20)11(2)12-6-4-7-13(18)9-12/h3-9,11H,18H2,1-2H3,(H,19,20). The Kier molecular flexibility index (Phi) is 4.30. The zero-order valence-corrected chi connectivity index (χ0v) is 12.2. The number of nitrogens with two attached hydrogens (primary N) is 1. The summed E-state index contributed by atoms with van der Waals surface area (Å²) in [6, 6.07) is 12.9. The second-order valence-electron chi connectivity index (χ2n) is 4.81. The number of nitrogens with one attached hydrogen (secondary N) is 1. The molecule has 1 amide bonds. The summed E-state index contributed by atoms with van der Waals surface area (Å²) < 4.78 is 0. The van der Waals surface area contributed by atoms with Crippen LogP contribution < -0.4 is 11.1 Å². The van der Waals surface area contributed by atoms with Gasteiger partial charge in [0.15, 0.2) is 0 Å². The van der Waals surface area contributed by atoms with Gasteiger partial charge in [0.2, 0.25) is 5.91 Å². The van der Waals surface area contributed by atoms with Gasteiger partial charge in [-0.3, -0.25) is 4.79 Å². The Hall–Kier alpha value is -2.00. The van der Waals surface area contributed by atoms with Crippen molar-refractivity contribution in [2.45, 2.75) is 19.8 Å². The third kappa shape index (κ3) is 3.11. The first-order valence-electron chi connectivity index (χ1n) is 6.40. The minimum absolute atomic E-state index is 0.105.